The van der Waals surface area contributed by atoms with E-state index in [4.69, 9.17) is 9.47 Å². The Morgan fingerprint density at radius 2 is 2.04 bits per heavy atom. The lowest BCUT2D eigenvalue weighted by atomic mass is 10.0. The van der Waals surface area contributed by atoms with Gasteiger partial charge in [-0.05, 0) is 54.5 Å². The molecule has 0 amide bonds. The van der Waals surface area contributed by atoms with Gasteiger partial charge in [-0.25, -0.2) is 4.79 Å². The molecule has 0 spiro atoms. The summed E-state index contributed by atoms with van der Waals surface area (Å²) in [4.78, 5) is 28.9. The number of halogens is 1. The van der Waals surface area contributed by atoms with E-state index in [-0.39, 0.29) is 11.5 Å². The molecule has 0 fully saturated rings. The maximum atomic E-state index is 12.7. The summed E-state index contributed by atoms with van der Waals surface area (Å²) in [6, 6.07) is 14.0. The van der Waals surface area contributed by atoms with Gasteiger partial charge in [0.1, 0.15) is 11.5 Å². The fourth-order valence-corrected chi connectivity index (χ4v) is 3.35. The molecule has 1 aliphatic heterocycles. The lowest BCUT2D eigenvalue weighted by Gasteiger charge is -2.07. The van der Waals surface area contributed by atoms with E-state index in [9.17, 15) is 9.59 Å². The highest BCUT2D eigenvalue weighted by Crippen LogP contribution is 2.37. The summed E-state index contributed by atoms with van der Waals surface area (Å²) in [5, 5.41) is 0. The molecule has 0 saturated carbocycles. The fraction of sp³-hybridized carbons (Fsp3) is 0.0455. The number of ether oxygens (including phenoxy) is 2. The number of ketones is 1. The summed E-state index contributed by atoms with van der Waals surface area (Å²) < 4.78 is 12.1. The van der Waals surface area contributed by atoms with Gasteiger partial charge in [-0.1, -0.05) is 28.1 Å². The second-order valence-electron chi connectivity index (χ2n) is 6.24. The maximum Gasteiger partial charge on any atom is 0.345 e. The number of fused-ring (bicyclic) bond motifs is 1. The van der Waals surface area contributed by atoms with Crippen LogP contribution in [0.5, 0.6) is 11.5 Å². The highest BCUT2D eigenvalue weighted by molar-refractivity contribution is 9.10. The van der Waals surface area contributed by atoms with Crippen LogP contribution in [0, 0.1) is 6.92 Å². The molecule has 0 saturated heterocycles. The van der Waals surface area contributed by atoms with Gasteiger partial charge in [0.05, 0.1) is 11.1 Å². The average Bonchev–Trinajstić information content (AvgIpc) is 2.98. The topological polar surface area (TPSA) is 65.5 Å². The van der Waals surface area contributed by atoms with Crippen LogP contribution in [0.2, 0.25) is 0 Å². The number of hydrogen-bond donors (Lipinski definition) is 0. The number of esters is 1. The summed E-state index contributed by atoms with van der Waals surface area (Å²) in [6.07, 6.45) is 4.70. The zero-order valence-electron chi connectivity index (χ0n) is 14.8. The minimum atomic E-state index is -0.526. The standard InChI is InChI=1S/C22H14BrNO4/c1-13-8-17(27-22(26)15-5-3-7-24-12-15)11-18-20(13)21(25)19(28-18)10-14-4-2-6-16(23)9-14/h2-12H,1H3/b19-10-. The molecule has 0 N–H and O–H groups in total. The van der Waals surface area contributed by atoms with Crippen molar-refractivity contribution in [2.75, 3.05) is 0 Å². The van der Waals surface area contributed by atoms with Crippen molar-refractivity contribution in [2.24, 2.45) is 0 Å². The summed E-state index contributed by atoms with van der Waals surface area (Å²) in [5.41, 5.74) is 2.33. The molecule has 28 heavy (non-hydrogen) atoms. The van der Waals surface area contributed by atoms with Crippen LogP contribution < -0.4 is 9.47 Å². The number of rotatable bonds is 3. The van der Waals surface area contributed by atoms with E-state index in [0.29, 0.717) is 28.2 Å². The first kappa shape index (κ1) is 18.1. The Hall–Kier alpha value is -3.25. The van der Waals surface area contributed by atoms with Gasteiger partial charge in [0, 0.05) is 22.9 Å². The lowest BCUT2D eigenvalue weighted by molar-refractivity contribution is 0.0734. The molecular weight excluding hydrogens is 422 g/mol. The number of pyridine rings is 1. The molecule has 0 bridgehead atoms. The van der Waals surface area contributed by atoms with Crippen LogP contribution in [0.15, 0.2) is 71.2 Å². The molecule has 1 aromatic heterocycles. The molecule has 2 aromatic carbocycles. The first-order valence-electron chi connectivity index (χ1n) is 8.48. The SMILES string of the molecule is Cc1cc(OC(=O)c2cccnc2)cc2c1C(=O)/C(=C/c1cccc(Br)c1)O2. The normalized spacial score (nSPS) is 13.9. The Morgan fingerprint density at radius 3 is 2.79 bits per heavy atom. The summed E-state index contributed by atoms with van der Waals surface area (Å²) in [6.45, 7) is 1.78. The largest absolute Gasteiger partial charge is 0.452 e. The quantitative estimate of drug-likeness (QED) is 0.329. The maximum absolute atomic E-state index is 12.7. The van der Waals surface area contributed by atoms with Gasteiger partial charge in [0.15, 0.2) is 5.76 Å². The van der Waals surface area contributed by atoms with E-state index >= 15 is 0 Å². The third-order valence-corrected chi connectivity index (χ3v) is 4.69. The van der Waals surface area contributed by atoms with Gasteiger partial charge in [-0.3, -0.25) is 9.78 Å². The Morgan fingerprint density at radius 1 is 1.18 bits per heavy atom. The third-order valence-electron chi connectivity index (χ3n) is 4.20. The van der Waals surface area contributed by atoms with Crippen molar-refractivity contribution in [3.8, 4) is 11.5 Å². The molecule has 138 valence electrons. The molecule has 2 heterocycles. The molecular formula is C22H14BrNO4. The fourth-order valence-electron chi connectivity index (χ4n) is 2.93. The van der Waals surface area contributed by atoms with Crippen molar-refractivity contribution in [1.29, 1.82) is 0 Å². The minimum absolute atomic E-state index is 0.197. The zero-order valence-corrected chi connectivity index (χ0v) is 16.4. The van der Waals surface area contributed by atoms with Gasteiger partial charge in [-0.2, -0.15) is 0 Å². The van der Waals surface area contributed by atoms with Crippen LogP contribution in [0.25, 0.3) is 6.08 Å². The van der Waals surface area contributed by atoms with Crippen LogP contribution >= 0.6 is 15.9 Å². The smallest absolute Gasteiger partial charge is 0.345 e. The molecule has 3 aromatic rings. The lowest BCUT2D eigenvalue weighted by Crippen LogP contribution is -2.09. The predicted octanol–water partition coefficient (Wildman–Crippen LogP) is 4.99. The Kier molecular flexibility index (Phi) is 4.79. The van der Waals surface area contributed by atoms with Crippen molar-refractivity contribution in [3.63, 3.8) is 0 Å². The van der Waals surface area contributed by atoms with E-state index in [1.807, 2.05) is 24.3 Å². The number of aryl methyl sites for hydroxylation is 1. The van der Waals surface area contributed by atoms with Gasteiger partial charge in [0.2, 0.25) is 5.78 Å². The van der Waals surface area contributed by atoms with Crippen molar-refractivity contribution >= 4 is 33.8 Å². The Labute approximate surface area is 169 Å². The number of carbonyl (C=O) groups is 2. The molecule has 0 aliphatic carbocycles. The van der Waals surface area contributed by atoms with Gasteiger partial charge < -0.3 is 9.47 Å². The van der Waals surface area contributed by atoms with E-state index in [1.54, 1.807) is 43.5 Å². The van der Waals surface area contributed by atoms with Crippen LogP contribution in [-0.4, -0.2) is 16.7 Å². The first-order valence-corrected chi connectivity index (χ1v) is 9.27. The molecule has 0 atom stereocenters. The number of hydrogen-bond acceptors (Lipinski definition) is 5. The second kappa shape index (κ2) is 7.40. The van der Waals surface area contributed by atoms with Crippen molar-refractivity contribution in [1.82, 2.24) is 4.98 Å². The molecule has 4 rings (SSSR count). The number of aromatic nitrogens is 1. The van der Waals surface area contributed by atoms with Gasteiger partial charge >= 0.3 is 5.97 Å². The molecule has 0 radical (unpaired) electrons. The summed E-state index contributed by atoms with van der Waals surface area (Å²) in [5.74, 6) is 0.188. The second-order valence-corrected chi connectivity index (χ2v) is 7.15. The van der Waals surface area contributed by atoms with Gasteiger partial charge in [-0.15, -0.1) is 0 Å². The van der Waals surface area contributed by atoms with Crippen molar-refractivity contribution in [3.05, 3.63) is 93.4 Å². The number of Topliss-reactive ketones (excluding diaryl/α,β-unsaturated/α-hetero) is 1. The minimum Gasteiger partial charge on any atom is -0.452 e. The van der Waals surface area contributed by atoms with Crippen LogP contribution in [-0.2, 0) is 0 Å². The monoisotopic (exact) mass is 435 g/mol. The number of allylic oxidation sites excluding steroid dienone is 1. The number of nitrogens with zero attached hydrogens (tertiary/aromatic N) is 1. The Balaban J connectivity index is 1.62. The third kappa shape index (κ3) is 3.59. The highest BCUT2D eigenvalue weighted by Gasteiger charge is 2.30. The van der Waals surface area contributed by atoms with E-state index in [0.717, 1.165) is 10.0 Å². The van der Waals surface area contributed by atoms with E-state index in [2.05, 4.69) is 20.9 Å². The molecule has 0 unspecified atom stereocenters. The van der Waals surface area contributed by atoms with Crippen molar-refractivity contribution < 1.29 is 19.1 Å². The highest BCUT2D eigenvalue weighted by atomic mass is 79.9. The number of carbonyl (C=O) groups excluding carboxylic acids is 2. The predicted molar refractivity (Wildman–Crippen MR) is 107 cm³/mol. The van der Waals surface area contributed by atoms with Crippen LogP contribution in [0.1, 0.15) is 31.8 Å². The van der Waals surface area contributed by atoms with E-state index in [1.165, 1.54) is 6.20 Å². The Bertz CT molecular complexity index is 1120. The summed E-state index contributed by atoms with van der Waals surface area (Å²) >= 11 is 3.41. The van der Waals surface area contributed by atoms with Gasteiger partial charge in [0.25, 0.3) is 0 Å². The average molecular weight is 436 g/mol. The number of benzene rings is 2. The molecule has 1 aliphatic rings. The van der Waals surface area contributed by atoms with Crippen LogP contribution in [0.4, 0.5) is 0 Å². The first-order chi connectivity index (χ1) is 13.5. The zero-order chi connectivity index (χ0) is 19.7. The van der Waals surface area contributed by atoms with Crippen molar-refractivity contribution in [2.45, 2.75) is 6.92 Å². The molecule has 5 nitrogen and oxygen atoms in total. The summed E-state index contributed by atoms with van der Waals surface area (Å²) in [7, 11) is 0. The van der Waals surface area contributed by atoms with E-state index < -0.39 is 5.97 Å². The van der Waals surface area contributed by atoms with Crippen LogP contribution in [0.3, 0.4) is 0 Å². The molecule has 6 heteroatoms.